The quantitative estimate of drug-likeness (QED) is 0.624. The largest absolute Gasteiger partial charge is 0.468 e. The van der Waals surface area contributed by atoms with Crippen molar-refractivity contribution in [3.63, 3.8) is 0 Å². The number of aliphatic hydroxyl groups is 1. The van der Waals surface area contributed by atoms with Gasteiger partial charge in [-0.15, -0.1) is 0 Å². The zero-order valence-electron chi connectivity index (χ0n) is 9.42. The Morgan fingerprint density at radius 1 is 1.38 bits per heavy atom. The van der Waals surface area contributed by atoms with Crippen molar-refractivity contribution in [3.05, 3.63) is 0 Å². The van der Waals surface area contributed by atoms with Crippen molar-refractivity contribution in [2.75, 3.05) is 31.7 Å². The summed E-state index contributed by atoms with van der Waals surface area (Å²) in [6.07, 6.45) is -0.881. The maximum atomic E-state index is 11.4. The van der Waals surface area contributed by atoms with Gasteiger partial charge in [-0.1, -0.05) is 0 Å². The summed E-state index contributed by atoms with van der Waals surface area (Å²) >= 11 is 0. The summed E-state index contributed by atoms with van der Waals surface area (Å²) in [5.74, 6) is -0.491. The highest BCUT2D eigenvalue weighted by molar-refractivity contribution is 7.91. The van der Waals surface area contributed by atoms with Gasteiger partial charge < -0.3 is 9.84 Å². The maximum Gasteiger partial charge on any atom is 0.325 e. The van der Waals surface area contributed by atoms with Crippen molar-refractivity contribution in [2.24, 2.45) is 0 Å². The maximum absolute atomic E-state index is 11.4. The number of hydrogen-bond acceptors (Lipinski definition) is 6. The van der Waals surface area contributed by atoms with Crippen LogP contribution >= 0.6 is 0 Å². The van der Waals surface area contributed by atoms with Crippen molar-refractivity contribution in [1.29, 1.82) is 0 Å². The van der Waals surface area contributed by atoms with Gasteiger partial charge in [-0.3, -0.25) is 9.69 Å². The van der Waals surface area contributed by atoms with Crippen LogP contribution in [0.3, 0.4) is 0 Å². The van der Waals surface area contributed by atoms with E-state index in [1.807, 2.05) is 0 Å². The fourth-order valence-corrected chi connectivity index (χ4v) is 3.01. The van der Waals surface area contributed by atoms with Crippen molar-refractivity contribution in [1.82, 2.24) is 4.90 Å². The summed E-state index contributed by atoms with van der Waals surface area (Å²) < 4.78 is 27.0. The fraction of sp³-hybridized carbons (Fsp3) is 0.889. The number of esters is 1. The molecule has 0 aromatic carbocycles. The molecule has 1 fully saturated rings. The Morgan fingerprint density at radius 3 is 2.25 bits per heavy atom. The molecular weight excluding hydrogens is 234 g/mol. The lowest BCUT2D eigenvalue weighted by molar-refractivity contribution is -0.151. The van der Waals surface area contributed by atoms with E-state index in [-0.39, 0.29) is 24.6 Å². The topological polar surface area (TPSA) is 83.9 Å². The van der Waals surface area contributed by atoms with Gasteiger partial charge >= 0.3 is 5.97 Å². The van der Waals surface area contributed by atoms with Crippen LogP contribution in [0.25, 0.3) is 0 Å². The lowest BCUT2D eigenvalue weighted by atomic mass is 10.1. The first-order valence-corrected chi connectivity index (χ1v) is 6.90. The molecular formula is C9H17NO5S. The molecule has 0 unspecified atom stereocenters. The Morgan fingerprint density at radius 2 is 1.88 bits per heavy atom. The highest BCUT2D eigenvalue weighted by Crippen LogP contribution is 2.12. The lowest BCUT2D eigenvalue weighted by Crippen LogP contribution is -2.54. The average Bonchev–Trinajstić information content (AvgIpc) is 2.20. The zero-order chi connectivity index (χ0) is 12.3. The molecule has 7 heteroatoms. The highest BCUT2D eigenvalue weighted by Gasteiger charge is 2.34. The van der Waals surface area contributed by atoms with Crippen LogP contribution in [0.4, 0.5) is 0 Å². The van der Waals surface area contributed by atoms with Crippen molar-refractivity contribution in [3.8, 4) is 0 Å². The van der Waals surface area contributed by atoms with E-state index < -0.39 is 28.0 Å². The van der Waals surface area contributed by atoms with Crippen LogP contribution in [0.5, 0.6) is 0 Å². The fourth-order valence-electron chi connectivity index (χ4n) is 1.78. The molecule has 0 aromatic heterocycles. The summed E-state index contributed by atoms with van der Waals surface area (Å²) in [7, 11) is -1.73. The second-order valence-electron chi connectivity index (χ2n) is 3.90. The van der Waals surface area contributed by atoms with Crippen molar-refractivity contribution < 1.29 is 23.1 Å². The van der Waals surface area contributed by atoms with Gasteiger partial charge in [0.2, 0.25) is 0 Å². The molecule has 0 bridgehead atoms. The van der Waals surface area contributed by atoms with Crippen LogP contribution in [-0.2, 0) is 19.4 Å². The molecule has 1 rings (SSSR count). The van der Waals surface area contributed by atoms with E-state index >= 15 is 0 Å². The van der Waals surface area contributed by atoms with Crippen molar-refractivity contribution in [2.45, 2.75) is 19.1 Å². The number of aliphatic hydroxyl groups excluding tert-OH is 1. The molecule has 1 aliphatic heterocycles. The van der Waals surface area contributed by atoms with E-state index in [1.54, 1.807) is 4.90 Å². The van der Waals surface area contributed by atoms with E-state index in [9.17, 15) is 18.3 Å². The number of nitrogens with zero attached hydrogens (tertiary/aromatic N) is 1. The highest BCUT2D eigenvalue weighted by atomic mass is 32.2. The van der Waals surface area contributed by atoms with E-state index in [2.05, 4.69) is 4.74 Å². The SMILES string of the molecule is COC(=O)[C@@H]([C@H](C)O)N1CCS(=O)(=O)CC1. The molecule has 1 aliphatic rings. The summed E-state index contributed by atoms with van der Waals surface area (Å²) in [5, 5.41) is 9.50. The molecule has 2 atom stereocenters. The number of carbonyl (C=O) groups is 1. The lowest BCUT2D eigenvalue weighted by Gasteiger charge is -2.33. The molecule has 1 N–H and O–H groups in total. The van der Waals surface area contributed by atoms with Crippen LogP contribution < -0.4 is 0 Å². The van der Waals surface area contributed by atoms with Crippen LogP contribution in [0.2, 0.25) is 0 Å². The number of sulfone groups is 1. The number of carbonyl (C=O) groups excluding carboxylic acids is 1. The Hall–Kier alpha value is -0.660. The molecule has 1 saturated heterocycles. The summed E-state index contributed by atoms with van der Waals surface area (Å²) in [5.41, 5.74) is 0. The van der Waals surface area contributed by atoms with Crippen LogP contribution in [0.15, 0.2) is 0 Å². The molecule has 1 heterocycles. The third-order valence-electron chi connectivity index (χ3n) is 2.67. The molecule has 0 amide bonds. The van der Waals surface area contributed by atoms with E-state index in [0.29, 0.717) is 0 Å². The predicted molar refractivity (Wildman–Crippen MR) is 57.7 cm³/mol. The van der Waals surface area contributed by atoms with Crippen LogP contribution in [-0.4, -0.2) is 68.2 Å². The van der Waals surface area contributed by atoms with E-state index in [4.69, 9.17) is 0 Å². The number of methoxy groups -OCH3 is 1. The summed E-state index contributed by atoms with van der Waals surface area (Å²) in [6, 6.07) is -0.777. The van der Waals surface area contributed by atoms with Gasteiger partial charge in [0.1, 0.15) is 6.04 Å². The average molecular weight is 251 g/mol. The third kappa shape index (κ3) is 3.16. The predicted octanol–water partition coefficient (Wildman–Crippen LogP) is -1.36. The molecule has 0 saturated carbocycles. The first-order chi connectivity index (χ1) is 7.37. The van der Waals surface area contributed by atoms with Gasteiger partial charge in [0.25, 0.3) is 0 Å². The molecule has 16 heavy (non-hydrogen) atoms. The van der Waals surface area contributed by atoms with Gasteiger partial charge in [-0.05, 0) is 6.92 Å². The monoisotopic (exact) mass is 251 g/mol. The van der Waals surface area contributed by atoms with Crippen LogP contribution in [0.1, 0.15) is 6.92 Å². The van der Waals surface area contributed by atoms with Gasteiger partial charge in [0.15, 0.2) is 9.84 Å². The van der Waals surface area contributed by atoms with Gasteiger partial charge in [0.05, 0.1) is 24.7 Å². The summed E-state index contributed by atoms with van der Waals surface area (Å²) in [6.45, 7) is 2.00. The molecule has 0 aliphatic carbocycles. The Kier molecular flexibility index (Phi) is 4.28. The first kappa shape index (κ1) is 13.4. The molecule has 6 nitrogen and oxygen atoms in total. The van der Waals surface area contributed by atoms with E-state index in [1.165, 1.54) is 14.0 Å². The van der Waals surface area contributed by atoms with Gasteiger partial charge in [0, 0.05) is 13.1 Å². The summed E-state index contributed by atoms with van der Waals surface area (Å²) in [4.78, 5) is 13.1. The second kappa shape index (κ2) is 5.11. The third-order valence-corrected chi connectivity index (χ3v) is 4.28. The smallest absolute Gasteiger partial charge is 0.325 e. The minimum absolute atomic E-state index is 0.0210. The molecule has 0 spiro atoms. The molecule has 94 valence electrons. The Labute approximate surface area is 95.1 Å². The number of hydrogen-bond donors (Lipinski definition) is 1. The minimum atomic E-state index is -2.98. The molecule has 0 radical (unpaired) electrons. The first-order valence-electron chi connectivity index (χ1n) is 5.08. The Balaban J connectivity index is 2.71. The number of ether oxygens (including phenoxy) is 1. The molecule has 0 aromatic rings. The zero-order valence-corrected chi connectivity index (χ0v) is 10.2. The van der Waals surface area contributed by atoms with E-state index in [0.717, 1.165) is 0 Å². The van der Waals surface area contributed by atoms with Crippen LogP contribution in [0, 0.1) is 0 Å². The second-order valence-corrected chi connectivity index (χ2v) is 6.20. The van der Waals surface area contributed by atoms with Crippen molar-refractivity contribution >= 4 is 15.8 Å². The standard InChI is InChI=1S/C9H17NO5S/c1-7(11)8(9(12)15-2)10-3-5-16(13,14)6-4-10/h7-8,11H,3-6H2,1-2H3/t7-,8+/m0/s1. The minimum Gasteiger partial charge on any atom is -0.468 e. The van der Waals surface area contributed by atoms with Gasteiger partial charge in [-0.2, -0.15) is 0 Å². The number of rotatable bonds is 3. The normalized spacial score (nSPS) is 24.7. The Bertz CT molecular complexity index is 337. The van der Waals surface area contributed by atoms with Gasteiger partial charge in [-0.25, -0.2) is 8.42 Å².